The van der Waals surface area contributed by atoms with E-state index in [1.165, 1.54) is 0 Å². The second-order valence-electron chi connectivity index (χ2n) is 3.48. The van der Waals surface area contributed by atoms with Crippen molar-refractivity contribution in [2.75, 3.05) is 6.61 Å². The first-order valence-corrected chi connectivity index (χ1v) is 4.89. The van der Waals surface area contributed by atoms with Gasteiger partial charge in [0.05, 0.1) is 16.6 Å². The third kappa shape index (κ3) is 3.82. The molecule has 0 spiro atoms. The fourth-order valence-electron chi connectivity index (χ4n) is 1.18. The molecule has 6 nitrogen and oxygen atoms in total. The van der Waals surface area contributed by atoms with Crippen LogP contribution in [0.4, 0.5) is 18.9 Å². The maximum Gasteiger partial charge on any atom is 0.416 e. The molecule has 1 unspecified atom stereocenters. The van der Waals surface area contributed by atoms with E-state index in [2.05, 4.69) is 0 Å². The number of benzene rings is 1. The standard InChI is InChI=1S/C10H8F3N3O3/c11-10(12,13)6-1-2-9(8(3-6)16(17)18)19-5-7(15)4-14/h1-3,7H,5,15H2. The van der Waals surface area contributed by atoms with E-state index in [-0.39, 0.29) is 12.4 Å². The lowest BCUT2D eigenvalue weighted by Crippen LogP contribution is -2.25. The zero-order valence-corrected chi connectivity index (χ0v) is 9.35. The van der Waals surface area contributed by atoms with Gasteiger partial charge in [-0.25, -0.2) is 0 Å². The molecular weight excluding hydrogens is 267 g/mol. The molecule has 0 aliphatic heterocycles. The Morgan fingerprint density at radius 2 is 2.16 bits per heavy atom. The number of hydrogen-bond donors (Lipinski definition) is 1. The van der Waals surface area contributed by atoms with Crippen molar-refractivity contribution in [2.24, 2.45) is 5.73 Å². The lowest BCUT2D eigenvalue weighted by molar-refractivity contribution is -0.386. The minimum absolute atomic E-state index is 0.358. The third-order valence-corrected chi connectivity index (χ3v) is 2.07. The van der Waals surface area contributed by atoms with Gasteiger partial charge in [0, 0.05) is 6.07 Å². The Labute approximate surface area is 105 Å². The topological polar surface area (TPSA) is 102 Å². The molecule has 0 aliphatic carbocycles. The van der Waals surface area contributed by atoms with Gasteiger partial charge in [-0.15, -0.1) is 0 Å². The number of nitrogens with zero attached hydrogens (tertiary/aromatic N) is 2. The number of nitro groups is 1. The van der Waals surface area contributed by atoms with Gasteiger partial charge in [-0.1, -0.05) is 0 Å². The minimum Gasteiger partial charge on any atom is -0.484 e. The summed E-state index contributed by atoms with van der Waals surface area (Å²) in [6, 6.07) is 2.44. The van der Waals surface area contributed by atoms with Gasteiger partial charge in [0.1, 0.15) is 12.6 Å². The first-order chi connectivity index (χ1) is 8.75. The molecule has 0 saturated heterocycles. The van der Waals surface area contributed by atoms with Crippen LogP contribution in [0.5, 0.6) is 5.75 Å². The largest absolute Gasteiger partial charge is 0.484 e. The van der Waals surface area contributed by atoms with E-state index in [4.69, 9.17) is 15.7 Å². The van der Waals surface area contributed by atoms with Crippen LogP contribution in [-0.2, 0) is 6.18 Å². The van der Waals surface area contributed by atoms with Crippen LogP contribution in [0, 0.1) is 21.4 Å². The highest BCUT2D eigenvalue weighted by Crippen LogP contribution is 2.35. The van der Waals surface area contributed by atoms with Crippen molar-refractivity contribution in [3.05, 3.63) is 33.9 Å². The van der Waals surface area contributed by atoms with Gasteiger partial charge in [-0.2, -0.15) is 18.4 Å². The zero-order chi connectivity index (χ0) is 14.6. The van der Waals surface area contributed by atoms with Gasteiger partial charge in [-0.05, 0) is 12.1 Å². The fourth-order valence-corrected chi connectivity index (χ4v) is 1.18. The number of halogens is 3. The molecular formula is C10H8F3N3O3. The molecule has 0 aliphatic rings. The summed E-state index contributed by atoms with van der Waals surface area (Å²) in [7, 11) is 0. The molecule has 0 radical (unpaired) electrons. The van der Waals surface area contributed by atoms with Crippen LogP contribution in [0.1, 0.15) is 5.56 Å². The van der Waals surface area contributed by atoms with Gasteiger partial charge < -0.3 is 10.5 Å². The molecule has 2 N–H and O–H groups in total. The van der Waals surface area contributed by atoms with Crippen LogP contribution in [-0.4, -0.2) is 17.6 Å². The Bertz CT molecular complexity index is 525. The van der Waals surface area contributed by atoms with Crippen molar-refractivity contribution in [3.63, 3.8) is 0 Å². The Morgan fingerprint density at radius 1 is 1.53 bits per heavy atom. The SMILES string of the molecule is N#CC(N)COc1ccc(C(F)(F)F)cc1[N+](=O)[O-]. The van der Waals surface area contributed by atoms with Crippen LogP contribution < -0.4 is 10.5 Å². The van der Waals surface area contributed by atoms with Crippen molar-refractivity contribution < 1.29 is 22.8 Å². The monoisotopic (exact) mass is 275 g/mol. The number of nitrogens with two attached hydrogens (primary N) is 1. The molecule has 1 aromatic carbocycles. The Balaban J connectivity index is 3.06. The fraction of sp³-hybridized carbons (Fsp3) is 0.300. The number of nitro benzene ring substituents is 1. The summed E-state index contributed by atoms with van der Waals surface area (Å²) in [5.41, 5.74) is 3.22. The number of rotatable bonds is 4. The Hall–Kier alpha value is -2.34. The summed E-state index contributed by atoms with van der Waals surface area (Å²) in [5.74, 6) is -0.372. The highest BCUT2D eigenvalue weighted by atomic mass is 19.4. The van der Waals surface area contributed by atoms with Gasteiger partial charge in [0.25, 0.3) is 0 Å². The highest BCUT2D eigenvalue weighted by molar-refractivity contribution is 5.49. The molecule has 0 fully saturated rings. The van der Waals surface area contributed by atoms with E-state index in [1.54, 1.807) is 6.07 Å². The van der Waals surface area contributed by atoms with Crippen LogP contribution in [0.25, 0.3) is 0 Å². The van der Waals surface area contributed by atoms with E-state index in [1.807, 2.05) is 0 Å². The molecule has 19 heavy (non-hydrogen) atoms. The molecule has 1 atom stereocenters. The van der Waals surface area contributed by atoms with Crippen molar-refractivity contribution in [3.8, 4) is 11.8 Å². The molecule has 0 bridgehead atoms. The summed E-state index contributed by atoms with van der Waals surface area (Å²) in [6.07, 6.45) is -4.69. The predicted octanol–water partition coefficient (Wildman–Crippen LogP) is 1.84. The summed E-state index contributed by atoms with van der Waals surface area (Å²) < 4.78 is 42.1. The summed E-state index contributed by atoms with van der Waals surface area (Å²) in [6.45, 7) is -0.358. The second-order valence-corrected chi connectivity index (χ2v) is 3.48. The van der Waals surface area contributed by atoms with Crippen LogP contribution in [0.3, 0.4) is 0 Å². The van der Waals surface area contributed by atoms with E-state index in [0.717, 1.165) is 6.07 Å². The molecule has 0 aromatic heterocycles. The van der Waals surface area contributed by atoms with Gasteiger partial charge >= 0.3 is 11.9 Å². The summed E-state index contributed by atoms with van der Waals surface area (Å²) >= 11 is 0. The van der Waals surface area contributed by atoms with E-state index >= 15 is 0 Å². The minimum atomic E-state index is -4.69. The Morgan fingerprint density at radius 3 is 2.63 bits per heavy atom. The maximum absolute atomic E-state index is 12.4. The summed E-state index contributed by atoms with van der Waals surface area (Å²) in [5, 5.41) is 19.1. The average molecular weight is 275 g/mol. The van der Waals surface area contributed by atoms with Crippen molar-refractivity contribution >= 4 is 5.69 Å². The lowest BCUT2D eigenvalue weighted by Gasteiger charge is -2.10. The first-order valence-electron chi connectivity index (χ1n) is 4.89. The molecule has 1 rings (SSSR count). The van der Waals surface area contributed by atoms with E-state index in [9.17, 15) is 23.3 Å². The number of hydrogen-bond acceptors (Lipinski definition) is 5. The molecule has 9 heteroatoms. The molecule has 1 aromatic rings. The number of alkyl halides is 3. The van der Waals surface area contributed by atoms with Crippen molar-refractivity contribution in [1.29, 1.82) is 5.26 Å². The molecule has 0 amide bonds. The molecule has 0 heterocycles. The van der Waals surface area contributed by atoms with Crippen molar-refractivity contribution in [1.82, 2.24) is 0 Å². The van der Waals surface area contributed by atoms with Gasteiger partial charge in [0.2, 0.25) is 0 Å². The predicted molar refractivity (Wildman–Crippen MR) is 57.2 cm³/mol. The zero-order valence-electron chi connectivity index (χ0n) is 9.35. The highest BCUT2D eigenvalue weighted by Gasteiger charge is 2.33. The normalized spacial score (nSPS) is 12.6. The quantitative estimate of drug-likeness (QED) is 0.667. The van der Waals surface area contributed by atoms with Crippen molar-refractivity contribution in [2.45, 2.75) is 12.2 Å². The average Bonchev–Trinajstić information content (AvgIpc) is 2.34. The Kier molecular flexibility index (Phi) is 4.29. The maximum atomic E-state index is 12.4. The molecule has 102 valence electrons. The van der Waals surface area contributed by atoms with Gasteiger partial charge in [0.15, 0.2) is 5.75 Å². The van der Waals surface area contributed by atoms with Gasteiger partial charge in [-0.3, -0.25) is 10.1 Å². The first kappa shape index (κ1) is 14.7. The third-order valence-electron chi connectivity index (χ3n) is 2.07. The van der Waals surface area contributed by atoms with Crippen LogP contribution >= 0.6 is 0 Å². The smallest absolute Gasteiger partial charge is 0.416 e. The summed E-state index contributed by atoms with van der Waals surface area (Å²) in [4.78, 5) is 9.68. The van der Waals surface area contributed by atoms with Crippen LogP contribution in [0.15, 0.2) is 18.2 Å². The second kappa shape index (κ2) is 5.53. The lowest BCUT2D eigenvalue weighted by atomic mass is 10.2. The number of nitriles is 1. The number of ether oxygens (including phenoxy) is 1. The van der Waals surface area contributed by atoms with E-state index in [0.29, 0.717) is 12.1 Å². The molecule has 0 saturated carbocycles. The van der Waals surface area contributed by atoms with Crippen LogP contribution in [0.2, 0.25) is 0 Å². The van der Waals surface area contributed by atoms with E-state index < -0.39 is 28.4 Å².